The minimum atomic E-state index is -4.76. The topological polar surface area (TPSA) is 126 Å². The van der Waals surface area contributed by atoms with E-state index in [1.807, 2.05) is 0 Å². The third-order valence-electron chi connectivity index (χ3n) is 6.09. The van der Waals surface area contributed by atoms with Gasteiger partial charge in [-0.05, 0) is 36.4 Å². The van der Waals surface area contributed by atoms with Crippen molar-refractivity contribution in [1.82, 2.24) is 15.0 Å². The van der Waals surface area contributed by atoms with Crippen molar-refractivity contribution in [2.24, 2.45) is 0 Å². The first-order valence-corrected chi connectivity index (χ1v) is 16.9. The van der Waals surface area contributed by atoms with E-state index in [0.717, 1.165) is 54.6 Å². The van der Waals surface area contributed by atoms with Crippen LogP contribution < -0.4 is 16.0 Å². The maximum Gasteiger partial charge on any atom is 0.418 e. The Bertz CT molecular complexity index is 1670. The molecule has 0 atom stereocenters. The summed E-state index contributed by atoms with van der Waals surface area (Å²) in [6.07, 6.45) is -14.3. The minimum absolute atomic E-state index is 0.195. The van der Waals surface area contributed by atoms with Gasteiger partial charge in [0.05, 0.1) is 51.0 Å². The number of hydrogen-bond donors (Lipinski definition) is 3. The number of nitrogens with zero attached hydrogens (tertiary/aromatic N) is 3. The molecule has 51 heavy (non-hydrogen) atoms. The average molecular weight is 781 g/mol. The maximum atomic E-state index is 13.3. The normalized spacial score (nSPS) is 11.9. The monoisotopic (exact) mass is 780 g/mol. The molecule has 9 nitrogen and oxygen atoms in total. The fourth-order valence-electron chi connectivity index (χ4n) is 3.98. The lowest BCUT2D eigenvalue weighted by Gasteiger charge is -2.14. The number of benzene rings is 3. The van der Waals surface area contributed by atoms with Crippen LogP contribution in [-0.4, -0.2) is 49.9 Å². The Kier molecular flexibility index (Phi) is 12.8. The van der Waals surface area contributed by atoms with E-state index >= 15 is 0 Å². The number of carbonyl (C=O) groups is 3. The number of aromatic nitrogens is 3. The minimum Gasteiger partial charge on any atom is -0.325 e. The standard InChI is InChI=1S/C30H21F9N6O3S3/c31-28(32,33)16-7-1-4-10-19(16)40-22(46)13-49-25-43-26(50-14-23(47)41-20-11-5-2-8-17(20)29(34,35)36)45-27(44-25)51-15-24(48)42-21-12-6-3-9-18(21)30(37,38)39/h1-12H,13-15H2,(H,40,46)(H,41,47)(H,42,48). The van der Waals surface area contributed by atoms with Crippen molar-refractivity contribution in [3.05, 3.63) is 89.5 Å². The van der Waals surface area contributed by atoms with E-state index in [4.69, 9.17) is 0 Å². The van der Waals surface area contributed by atoms with E-state index < -0.39 is 87.3 Å². The first kappa shape index (κ1) is 39.3. The fraction of sp³-hybridized carbons (Fsp3) is 0.200. The number of hydrogen-bond acceptors (Lipinski definition) is 9. The van der Waals surface area contributed by atoms with Crippen LogP contribution in [0, 0.1) is 0 Å². The van der Waals surface area contributed by atoms with Gasteiger partial charge in [0, 0.05) is 0 Å². The Balaban J connectivity index is 1.48. The van der Waals surface area contributed by atoms with Gasteiger partial charge in [-0.2, -0.15) is 54.5 Å². The molecule has 1 heterocycles. The lowest BCUT2D eigenvalue weighted by atomic mass is 10.1. The zero-order valence-electron chi connectivity index (χ0n) is 25.2. The molecule has 0 radical (unpaired) electrons. The number of para-hydroxylation sites is 3. The highest BCUT2D eigenvalue weighted by Gasteiger charge is 2.35. The van der Waals surface area contributed by atoms with Gasteiger partial charge in [0.25, 0.3) is 0 Å². The molecular weight excluding hydrogens is 760 g/mol. The van der Waals surface area contributed by atoms with Crippen LogP contribution in [0.5, 0.6) is 0 Å². The molecule has 270 valence electrons. The third kappa shape index (κ3) is 11.8. The fourth-order valence-corrected chi connectivity index (χ4v) is 6.06. The number of amides is 3. The van der Waals surface area contributed by atoms with Crippen LogP contribution in [-0.2, 0) is 32.9 Å². The quantitative estimate of drug-likeness (QED) is 0.0966. The molecule has 3 aromatic carbocycles. The van der Waals surface area contributed by atoms with E-state index in [1.165, 1.54) is 18.2 Å². The molecule has 4 aromatic rings. The predicted octanol–water partition coefficient (Wildman–Crippen LogP) is 8.12. The highest BCUT2D eigenvalue weighted by molar-refractivity contribution is 8.01. The molecule has 0 aliphatic rings. The van der Waals surface area contributed by atoms with E-state index in [1.54, 1.807) is 0 Å². The number of halogens is 9. The summed E-state index contributed by atoms with van der Waals surface area (Å²) >= 11 is 1.92. The Morgan fingerprint density at radius 1 is 0.451 bits per heavy atom. The molecule has 1 aromatic heterocycles. The molecule has 0 spiro atoms. The average Bonchev–Trinajstić information content (AvgIpc) is 3.05. The Labute approximate surface area is 295 Å². The third-order valence-corrected chi connectivity index (χ3v) is 8.63. The first-order valence-electron chi connectivity index (χ1n) is 13.9. The van der Waals surface area contributed by atoms with Crippen molar-refractivity contribution >= 4 is 70.1 Å². The van der Waals surface area contributed by atoms with Crippen LogP contribution in [0.15, 0.2) is 88.3 Å². The summed E-state index contributed by atoms with van der Waals surface area (Å²) in [7, 11) is 0. The van der Waals surface area contributed by atoms with Crippen molar-refractivity contribution < 1.29 is 53.9 Å². The number of rotatable bonds is 12. The van der Waals surface area contributed by atoms with Crippen LogP contribution >= 0.6 is 35.3 Å². The van der Waals surface area contributed by atoms with E-state index in [9.17, 15) is 53.9 Å². The van der Waals surface area contributed by atoms with E-state index in [2.05, 4.69) is 30.9 Å². The predicted molar refractivity (Wildman–Crippen MR) is 172 cm³/mol. The summed E-state index contributed by atoms with van der Waals surface area (Å²) in [4.78, 5) is 49.9. The highest BCUT2D eigenvalue weighted by atomic mass is 32.2. The molecule has 3 amide bonds. The number of carbonyl (C=O) groups excluding carboxylic acids is 3. The van der Waals surface area contributed by atoms with Gasteiger partial charge in [-0.3, -0.25) is 14.4 Å². The Hall–Kier alpha value is -4.50. The van der Waals surface area contributed by atoms with Crippen molar-refractivity contribution in [2.75, 3.05) is 33.2 Å². The Morgan fingerprint density at radius 2 is 0.686 bits per heavy atom. The smallest absolute Gasteiger partial charge is 0.325 e. The summed E-state index contributed by atoms with van der Waals surface area (Å²) < 4.78 is 120. The molecular formula is C30H21F9N6O3S3. The number of nitrogens with one attached hydrogen (secondary N) is 3. The Morgan fingerprint density at radius 3 is 0.922 bits per heavy atom. The summed E-state index contributed by atoms with van der Waals surface area (Å²) in [5.74, 6) is -4.21. The van der Waals surface area contributed by atoms with E-state index in [0.29, 0.717) is 35.3 Å². The van der Waals surface area contributed by atoms with Gasteiger partial charge in [0.2, 0.25) is 17.7 Å². The summed E-state index contributed by atoms with van der Waals surface area (Å²) in [6, 6.07) is 12.7. The number of thioether (sulfide) groups is 3. The lowest BCUT2D eigenvalue weighted by molar-refractivity contribution is -0.137. The molecule has 0 fully saturated rings. The van der Waals surface area contributed by atoms with Gasteiger partial charge in [-0.15, -0.1) is 0 Å². The van der Waals surface area contributed by atoms with Crippen LogP contribution in [0.2, 0.25) is 0 Å². The summed E-state index contributed by atoms with van der Waals surface area (Å²) in [5, 5.41) is 5.85. The maximum absolute atomic E-state index is 13.3. The van der Waals surface area contributed by atoms with Crippen LogP contribution in [0.25, 0.3) is 0 Å². The molecule has 0 bridgehead atoms. The van der Waals surface area contributed by atoms with Crippen LogP contribution in [0.3, 0.4) is 0 Å². The highest BCUT2D eigenvalue weighted by Crippen LogP contribution is 2.37. The molecule has 3 N–H and O–H groups in total. The van der Waals surface area contributed by atoms with Gasteiger partial charge in [-0.1, -0.05) is 71.7 Å². The first-order chi connectivity index (χ1) is 23.9. The SMILES string of the molecule is O=C(CSc1nc(SCC(=O)Nc2ccccc2C(F)(F)F)nc(SCC(=O)Nc2ccccc2C(F)(F)F)n1)Nc1ccccc1C(F)(F)F. The van der Waals surface area contributed by atoms with Crippen molar-refractivity contribution in [2.45, 2.75) is 34.0 Å². The number of anilines is 3. The van der Waals surface area contributed by atoms with Crippen LogP contribution in [0.1, 0.15) is 16.7 Å². The molecule has 0 aliphatic carbocycles. The van der Waals surface area contributed by atoms with Crippen molar-refractivity contribution in [3.63, 3.8) is 0 Å². The van der Waals surface area contributed by atoms with Gasteiger partial charge in [-0.25, -0.2) is 0 Å². The summed E-state index contributed by atoms with van der Waals surface area (Å²) in [6.45, 7) is 0. The van der Waals surface area contributed by atoms with Crippen molar-refractivity contribution in [3.8, 4) is 0 Å². The molecule has 0 saturated carbocycles. The van der Waals surface area contributed by atoms with Gasteiger partial charge in [0.1, 0.15) is 0 Å². The molecule has 0 saturated heterocycles. The zero-order chi connectivity index (χ0) is 37.4. The molecule has 21 heteroatoms. The second-order valence-corrected chi connectivity index (χ2v) is 12.7. The second-order valence-electron chi connectivity index (χ2n) is 9.82. The van der Waals surface area contributed by atoms with Gasteiger partial charge >= 0.3 is 18.5 Å². The van der Waals surface area contributed by atoms with Crippen LogP contribution in [0.4, 0.5) is 56.6 Å². The zero-order valence-corrected chi connectivity index (χ0v) is 27.7. The molecule has 0 unspecified atom stereocenters. The van der Waals surface area contributed by atoms with E-state index in [-0.39, 0.29) is 15.5 Å². The summed E-state index contributed by atoms with van der Waals surface area (Å²) in [5.41, 5.74) is -4.78. The second kappa shape index (κ2) is 16.7. The molecule has 0 aliphatic heterocycles. The largest absolute Gasteiger partial charge is 0.418 e. The van der Waals surface area contributed by atoms with Crippen molar-refractivity contribution in [1.29, 1.82) is 0 Å². The lowest BCUT2D eigenvalue weighted by Crippen LogP contribution is -2.19. The van der Waals surface area contributed by atoms with Gasteiger partial charge in [0.15, 0.2) is 15.5 Å². The van der Waals surface area contributed by atoms with Gasteiger partial charge < -0.3 is 16.0 Å². The molecule has 4 rings (SSSR count). The number of alkyl halides is 9.